The Kier molecular flexibility index (Phi) is 3.00. The molecule has 0 aliphatic rings. The lowest BCUT2D eigenvalue weighted by molar-refractivity contribution is 0.613. The zero-order valence-corrected chi connectivity index (χ0v) is 8.65. The molecule has 0 atom stereocenters. The number of halogens is 1. The summed E-state index contributed by atoms with van der Waals surface area (Å²) >= 11 is 0. The third kappa shape index (κ3) is 2.28. The van der Waals surface area contributed by atoms with E-state index < -0.39 is 0 Å². The average molecular weight is 217 g/mol. The van der Waals surface area contributed by atoms with Crippen molar-refractivity contribution in [3.05, 3.63) is 54.1 Å². The van der Waals surface area contributed by atoms with Gasteiger partial charge in [-0.25, -0.2) is 4.39 Å². The molecule has 1 aromatic heterocycles. The number of hydrogen-bond acceptors (Lipinski definition) is 3. The summed E-state index contributed by atoms with van der Waals surface area (Å²) in [5.41, 5.74) is 7.63. The van der Waals surface area contributed by atoms with Gasteiger partial charge in [0.2, 0.25) is 0 Å². The van der Waals surface area contributed by atoms with Crippen LogP contribution >= 0.6 is 0 Å². The fourth-order valence-electron chi connectivity index (χ4n) is 1.40. The molecule has 0 radical (unpaired) electrons. The van der Waals surface area contributed by atoms with E-state index >= 15 is 0 Å². The zero-order chi connectivity index (χ0) is 11.4. The maximum Gasteiger partial charge on any atom is 0.128 e. The number of rotatable bonds is 3. The van der Waals surface area contributed by atoms with Crippen molar-refractivity contribution in [2.24, 2.45) is 0 Å². The second kappa shape index (κ2) is 4.61. The number of nitrogens with zero attached hydrogens (tertiary/aromatic N) is 1. The monoisotopic (exact) mass is 217 g/mol. The molecule has 0 saturated heterocycles. The number of nitrogens with two attached hydrogens (primary N) is 1. The minimum Gasteiger partial charge on any atom is -0.396 e. The zero-order valence-electron chi connectivity index (χ0n) is 8.65. The standard InChI is InChI=1S/C12H12FN3/c13-10-4-2-1-3-9(10)7-16-12-5-6-15-8-11(12)14/h1-6,8H,7,14H2,(H,15,16). The highest BCUT2D eigenvalue weighted by atomic mass is 19.1. The highest BCUT2D eigenvalue weighted by molar-refractivity contribution is 5.64. The number of pyridine rings is 1. The molecule has 0 fully saturated rings. The van der Waals surface area contributed by atoms with Crippen molar-refractivity contribution in [1.29, 1.82) is 0 Å². The summed E-state index contributed by atoms with van der Waals surface area (Å²) in [6, 6.07) is 8.40. The predicted octanol–water partition coefficient (Wildman–Crippen LogP) is 2.42. The van der Waals surface area contributed by atoms with E-state index in [1.54, 1.807) is 36.7 Å². The molecule has 0 aliphatic heterocycles. The Morgan fingerprint density at radius 3 is 2.81 bits per heavy atom. The number of benzene rings is 1. The van der Waals surface area contributed by atoms with E-state index in [1.165, 1.54) is 6.07 Å². The third-order valence-corrected chi connectivity index (χ3v) is 2.28. The van der Waals surface area contributed by atoms with Gasteiger partial charge in [0.25, 0.3) is 0 Å². The molecule has 0 bridgehead atoms. The fourth-order valence-corrected chi connectivity index (χ4v) is 1.40. The van der Waals surface area contributed by atoms with E-state index in [0.717, 1.165) is 5.69 Å². The molecule has 1 aromatic carbocycles. The van der Waals surface area contributed by atoms with Crippen LogP contribution in [0.25, 0.3) is 0 Å². The Labute approximate surface area is 93.1 Å². The van der Waals surface area contributed by atoms with Crippen LogP contribution in [0.15, 0.2) is 42.7 Å². The minimum absolute atomic E-state index is 0.220. The Morgan fingerprint density at radius 1 is 1.25 bits per heavy atom. The first-order valence-corrected chi connectivity index (χ1v) is 4.94. The number of nitrogen functional groups attached to an aromatic ring is 1. The summed E-state index contributed by atoms with van der Waals surface area (Å²) in [4.78, 5) is 3.88. The van der Waals surface area contributed by atoms with Crippen LogP contribution in [-0.2, 0) is 6.54 Å². The SMILES string of the molecule is Nc1cnccc1NCc1ccccc1F. The largest absolute Gasteiger partial charge is 0.396 e. The van der Waals surface area contributed by atoms with Gasteiger partial charge in [-0.3, -0.25) is 4.98 Å². The van der Waals surface area contributed by atoms with E-state index in [0.29, 0.717) is 17.8 Å². The van der Waals surface area contributed by atoms with Crippen molar-refractivity contribution >= 4 is 11.4 Å². The fraction of sp³-hybridized carbons (Fsp3) is 0.0833. The highest BCUT2D eigenvalue weighted by Crippen LogP contribution is 2.17. The van der Waals surface area contributed by atoms with Gasteiger partial charge in [0.05, 0.1) is 17.6 Å². The molecule has 82 valence electrons. The van der Waals surface area contributed by atoms with Gasteiger partial charge in [-0.1, -0.05) is 18.2 Å². The van der Waals surface area contributed by atoms with Crippen LogP contribution in [0.1, 0.15) is 5.56 Å². The molecule has 2 rings (SSSR count). The van der Waals surface area contributed by atoms with Gasteiger partial charge in [0.15, 0.2) is 0 Å². The van der Waals surface area contributed by atoms with Crippen LogP contribution in [0.4, 0.5) is 15.8 Å². The maximum atomic E-state index is 13.3. The molecule has 0 amide bonds. The highest BCUT2D eigenvalue weighted by Gasteiger charge is 2.01. The van der Waals surface area contributed by atoms with Gasteiger partial charge < -0.3 is 11.1 Å². The number of nitrogens with one attached hydrogen (secondary N) is 1. The van der Waals surface area contributed by atoms with Crippen molar-refractivity contribution in [2.45, 2.75) is 6.54 Å². The summed E-state index contributed by atoms with van der Waals surface area (Å²) < 4.78 is 13.3. The van der Waals surface area contributed by atoms with Crippen molar-refractivity contribution < 1.29 is 4.39 Å². The van der Waals surface area contributed by atoms with Gasteiger partial charge in [-0.15, -0.1) is 0 Å². The lowest BCUT2D eigenvalue weighted by Crippen LogP contribution is -2.04. The van der Waals surface area contributed by atoms with Gasteiger partial charge in [-0.05, 0) is 12.1 Å². The van der Waals surface area contributed by atoms with Crippen molar-refractivity contribution in [2.75, 3.05) is 11.1 Å². The molecule has 3 nitrogen and oxygen atoms in total. The molecular weight excluding hydrogens is 205 g/mol. The lowest BCUT2D eigenvalue weighted by atomic mass is 10.2. The smallest absolute Gasteiger partial charge is 0.128 e. The van der Waals surface area contributed by atoms with Crippen molar-refractivity contribution in [3.8, 4) is 0 Å². The summed E-state index contributed by atoms with van der Waals surface area (Å²) in [7, 11) is 0. The van der Waals surface area contributed by atoms with Crippen LogP contribution in [0.3, 0.4) is 0 Å². The molecule has 0 saturated carbocycles. The van der Waals surface area contributed by atoms with E-state index in [-0.39, 0.29) is 5.82 Å². The molecule has 2 aromatic rings. The van der Waals surface area contributed by atoms with Gasteiger partial charge in [0, 0.05) is 18.3 Å². The van der Waals surface area contributed by atoms with Crippen LogP contribution in [0.5, 0.6) is 0 Å². The second-order valence-electron chi connectivity index (χ2n) is 3.41. The summed E-state index contributed by atoms with van der Waals surface area (Å²) in [6.07, 6.45) is 3.20. The van der Waals surface area contributed by atoms with Crippen LogP contribution < -0.4 is 11.1 Å². The molecule has 16 heavy (non-hydrogen) atoms. The second-order valence-corrected chi connectivity index (χ2v) is 3.41. The predicted molar refractivity (Wildman–Crippen MR) is 62.4 cm³/mol. The van der Waals surface area contributed by atoms with E-state index in [2.05, 4.69) is 10.3 Å². The van der Waals surface area contributed by atoms with Crippen molar-refractivity contribution in [3.63, 3.8) is 0 Å². The van der Waals surface area contributed by atoms with Crippen molar-refractivity contribution in [1.82, 2.24) is 4.98 Å². The third-order valence-electron chi connectivity index (χ3n) is 2.28. The van der Waals surface area contributed by atoms with Gasteiger partial charge >= 0.3 is 0 Å². The first-order chi connectivity index (χ1) is 7.77. The average Bonchev–Trinajstić information content (AvgIpc) is 2.30. The quantitative estimate of drug-likeness (QED) is 0.830. The Morgan fingerprint density at radius 2 is 2.06 bits per heavy atom. The summed E-state index contributed by atoms with van der Waals surface area (Å²) in [6.45, 7) is 0.404. The molecule has 3 N–H and O–H groups in total. The first kappa shape index (κ1) is 10.4. The van der Waals surface area contributed by atoms with Crippen LogP contribution in [0.2, 0.25) is 0 Å². The molecule has 1 heterocycles. The Bertz CT molecular complexity index is 440. The molecule has 0 unspecified atom stereocenters. The first-order valence-electron chi connectivity index (χ1n) is 4.94. The molecular formula is C12H12FN3. The van der Waals surface area contributed by atoms with E-state index in [9.17, 15) is 4.39 Å². The number of anilines is 2. The summed E-state index contributed by atoms with van der Waals surface area (Å²) in [5, 5.41) is 3.07. The number of hydrogen-bond donors (Lipinski definition) is 2. The Balaban J connectivity index is 2.09. The van der Waals surface area contributed by atoms with Crippen LogP contribution in [0, 0.1) is 5.82 Å². The van der Waals surface area contributed by atoms with E-state index in [1.807, 2.05) is 0 Å². The topological polar surface area (TPSA) is 50.9 Å². The minimum atomic E-state index is -0.220. The van der Waals surface area contributed by atoms with Gasteiger partial charge in [-0.2, -0.15) is 0 Å². The Hall–Kier alpha value is -2.10. The maximum absolute atomic E-state index is 13.3. The normalized spacial score (nSPS) is 10.1. The van der Waals surface area contributed by atoms with E-state index in [4.69, 9.17) is 5.73 Å². The molecule has 0 aliphatic carbocycles. The molecule has 0 spiro atoms. The van der Waals surface area contributed by atoms with Crippen LogP contribution in [-0.4, -0.2) is 4.98 Å². The summed E-state index contributed by atoms with van der Waals surface area (Å²) in [5.74, 6) is -0.220. The van der Waals surface area contributed by atoms with Gasteiger partial charge in [0.1, 0.15) is 5.82 Å². The lowest BCUT2D eigenvalue weighted by Gasteiger charge is -2.08. The number of aromatic nitrogens is 1. The molecule has 4 heteroatoms.